The summed E-state index contributed by atoms with van der Waals surface area (Å²) in [7, 11) is 0. The predicted molar refractivity (Wildman–Crippen MR) is 66.9 cm³/mol. The molecule has 0 saturated heterocycles. The van der Waals surface area contributed by atoms with Crippen LogP contribution in [0.4, 0.5) is 0 Å². The highest BCUT2D eigenvalue weighted by molar-refractivity contribution is 5.83. The van der Waals surface area contributed by atoms with Crippen molar-refractivity contribution in [2.45, 2.75) is 57.0 Å². The van der Waals surface area contributed by atoms with Crippen LogP contribution in [0.15, 0.2) is 0 Å². The van der Waals surface area contributed by atoms with Gasteiger partial charge in [-0.1, -0.05) is 12.8 Å². The Labute approximate surface area is 107 Å². The second kappa shape index (κ2) is 5.69. The van der Waals surface area contributed by atoms with Gasteiger partial charge in [0.15, 0.2) is 0 Å². The van der Waals surface area contributed by atoms with Gasteiger partial charge in [0.05, 0.1) is 0 Å². The summed E-state index contributed by atoms with van der Waals surface area (Å²) in [5, 5.41) is 8.97. The first-order valence-corrected chi connectivity index (χ1v) is 6.85. The van der Waals surface area contributed by atoms with Crippen LogP contribution in [-0.4, -0.2) is 40.5 Å². The number of amides is 1. The van der Waals surface area contributed by atoms with Crippen molar-refractivity contribution in [2.75, 3.05) is 6.54 Å². The number of carbonyl (C=O) groups is 2. The topological polar surface area (TPSA) is 83.6 Å². The number of nitrogens with two attached hydrogens (primary N) is 1. The summed E-state index contributed by atoms with van der Waals surface area (Å²) in [6.07, 6.45) is 6.47. The van der Waals surface area contributed by atoms with Crippen LogP contribution in [0.5, 0.6) is 0 Å². The molecule has 102 valence electrons. The third-order valence-corrected chi connectivity index (χ3v) is 4.18. The maximum absolute atomic E-state index is 12.4. The summed E-state index contributed by atoms with van der Waals surface area (Å²) >= 11 is 0. The fourth-order valence-electron chi connectivity index (χ4n) is 3.22. The number of rotatable bonds is 4. The minimum Gasteiger partial charge on any atom is -0.480 e. The standard InChI is InChI=1S/C13H22N2O3/c14-10-6-5-9(7-10)13(18)15(8-12(16)17)11-3-1-2-4-11/h9-11H,1-8,14H2,(H,16,17). The van der Waals surface area contributed by atoms with E-state index in [9.17, 15) is 9.59 Å². The molecule has 2 aliphatic carbocycles. The van der Waals surface area contributed by atoms with Gasteiger partial charge in [0.1, 0.15) is 6.54 Å². The first kappa shape index (κ1) is 13.3. The third kappa shape index (κ3) is 3.02. The Balaban J connectivity index is 2.02. The second-order valence-corrected chi connectivity index (χ2v) is 5.57. The van der Waals surface area contributed by atoms with Gasteiger partial charge < -0.3 is 15.7 Å². The van der Waals surface area contributed by atoms with Crippen molar-refractivity contribution >= 4 is 11.9 Å². The summed E-state index contributed by atoms with van der Waals surface area (Å²) in [6.45, 7) is -0.158. The molecule has 3 N–H and O–H groups in total. The Kier molecular flexibility index (Phi) is 4.22. The van der Waals surface area contributed by atoms with Crippen LogP contribution in [0.3, 0.4) is 0 Å². The van der Waals surface area contributed by atoms with E-state index in [1.54, 1.807) is 4.90 Å². The molecule has 0 aromatic rings. The zero-order valence-electron chi connectivity index (χ0n) is 10.7. The zero-order chi connectivity index (χ0) is 13.1. The molecule has 2 rings (SSSR count). The molecule has 2 unspecified atom stereocenters. The third-order valence-electron chi connectivity index (χ3n) is 4.18. The summed E-state index contributed by atoms with van der Waals surface area (Å²) in [5.74, 6) is -0.963. The normalized spacial score (nSPS) is 28.5. The van der Waals surface area contributed by atoms with Crippen LogP contribution in [-0.2, 0) is 9.59 Å². The zero-order valence-corrected chi connectivity index (χ0v) is 10.7. The van der Waals surface area contributed by atoms with Gasteiger partial charge in [0.2, 0.25) is 5.91 Å². The van der Waals surface area contributed by atoms with Crippen LogP contribution in [0.1, 0.15) is 44.9 Å². The number of aliphatic carboxylic acids is 1. The number of carboxylic acids is 1. The maximum atomic E-state index is 12.4. The molecule has 2 atom stereocenters. The molecule has 0 bridgehead atoms. The second-order valence-electron chi connectivity index (χ2n) is 5.57. The lowest BCUT2D eigenvalue weighted by atomic mass is 10.0. The Morgan fingerprint density at radius 2 is 1.83 bits per heavy atom. The van der Waals surface area contributed by atoms with Crippen molar-refractivity contribution in [3.05, 3.63) is 0 Å². The lowest BCUT2D eigenvalue weighted by molar-refractivity contribution is -0.148. The minimum atomic E-state index is -0.919. The highest BCUT2D eigenvalue weighted by Gasteiger charge is 2.35. The Hall–Kier alpha value is -1.10. The largest absolute Gasteiger partial charge is 0.480 e. The van der Waals surface area contributed by atoms with E-state index < -0.39 is 5.97 Å². The molecule has 2 saturated carbocycles. The Morgan fingerprint density at radius 3 is 2.33 bits per heavy atom. The van der Waals surface area contributed by atoms with E-state index in [-0.39, 0.29) is 30.5 Å². The number of nitrogens with zero attached hydrogens (tertiary/aromatic N) is 1. The predicted octanol–water partition coefficient (Wildman–Crippen LogP) is 0.970. The Bertz CT molecular complexity index is 326. The summed E-state index contributed by atoms with van der Waals surface area (Å²) in [5.41, 5.74) is 5.83. The summed E-state index contributed by atoms with van der Waals surface area (Å²) in [6, 6.07) is 0.236. The Morgan fingerprint density at radius 1 is 1.17 bits per heavy atom. The molecule has 0 aromatic heterocycles. The first-order chi connectivity index (χ1) is 8.58. The van der Waals surface area contributed by atoms with E-state index in [1.165, 1.54) is 0 Å². The van der Waals surface area contributed by atoms with Crippen LogP contribution in [0.25, 0.3) is 0 Å². The highest BCUT2D eigenvalue weighted by atomic mass is 16.4. The fraction of sp³-hybridized carbons (Fsp3) is 0.846. The number of carboxylic acid groups (broad SMARTS) is 1. The van der Waals surface area contributed by atoms with Crippen molar-refractivity contribution in [1.29, 1.82) is 0 Å². The molecule has 5 heteroatoms. The summed E-state index contributed by atoms with van der Waals surface area (Å²) < 4.78 is 0. The number of carbonyl (C=O) groups excluding carboxylic acids is 1. The SMILES string of the molecule is NC1CCC(C(=O)N(CC(=O)O)C2CCCC2)C1. The van der Waals surface area contributed by atoms with Gasteiger partial charge in [0, 0.05) is 18.0 Å². The average Bonchev–Trinajstić information content (AvgIpc) is 2.95. The molecule has 0 aliphatic heterocycles. The van der Waals surface area contributed by atoms with Gasteiger partial charge in [-0.2, -0.15) is 0 Å². The summed E-state index contributed by atoms with van der Waals surface area (Å²) in [4.78, 5) is 24.9. The minimum absolute atomic E-state index is 0.0113. The molecule has 2 fully saturated rings. The van der Waals surface area contributed by atoms with E-state index in [4.69, 9.17) is 10.8 Å². The van der Waals surface area contributed by atoms with E-state index in [0.29, 0.717) is 6.42 Å². The van der Waals surface area contributed by atoms with Gasteiger partial charge in [-0.25, -0.2) is 0 Å². The molecule has 18 heavy (non-hydrogen) atoms. The first-order valence-electron chi connectivity index (χ1n) is 6.85. The van der Waals surface area contributed by atoms with Crippen molar-refractivity contribution in [3.63, 3.8) is 0 Å². The monoisotopic (exact) mass is 254 g/mol. The van der Waals surface area contributed by atoms with Crippen LogP contribution < -0.4 is 5.73 Å². The molecule has 1 amide bonds. The van der Waals surface area contributed by atoms with Crippen molar-refractivity contribution in [2.24, 2.45) is 11.7 Å². The van der Waals surface area contributed by atoms with Crippen molar-refractivity contribution in [3.8, 4) is 0 Å². The average molecular weight is 254 g/mol. The van der Waals surface area contributed by atoms with E-state index in [0.717, 1.165) is 38.5 Å². The number of hydrogen-bond acceptors (Lipinski definition) is 3. The smallest absolute Gasteiger partial charge is 0.323 e. The fourth-order valence-corrected chi connectivity index (χ4v) is 3.22. The molecular formula is C13H22N2O3. The molecular weight excluding hydrogens is 232 g/mol. The van der Waals surface area contributed by atoms with Crippen molar-refractivity contribution in [1.82, 2.24) is 4.90 Å². The lowest BCUT2D eigenvalue weighted by Crippen LogP contribution is -2.45. The molecule has 0 aromatic carbocycles. The molecule has 0 spiro atoms. The van der Waals surface area contributed by atoms with E-state index in [2.05, 4.69) is 0 Å². The van der Waals surface area contributed by atoms with Gasteiger partial charge in [-0.05, 0) is 32.1 Å². The van der Waals surface area contributed by atoms with Crippen LogP contribution in [0.2, 0.25) is 0 Å². The molecule has 5 nitrogen and oxygen atoms in total. The number of hydrogen-bond donors (Lipinski definition) is 2. The van der Waals surface area contributed by atoms with Gasteiger partial charge in [-0.15, -0.1) is 0 Å². The maximum Gasteiger partial charge on any atom is 0.323 e. The van der Waals surface area contributed by atoms with E-state index in [1.807, 2.05) is 0 Å². The van der Waals surface area contributed by atoms with Gasteiger partial charge >= 0.3 is 5.97 Å². The highest BCUT2D eigenvalue weighted by Crippen LogP contribution is 2.30. The van der Waals surface area contributed by atoms with Crippen LogP contribution in [0, 0.1) is 5.92 Å². The quantitative estimate of drug-likeness (QED) is 0.783. The van der Waals surface area contributed by atoms with Crippen molar-refractivity contribution < 1.29 is 14.7 Å². The van der Waals surface area contributed by atoms with E-state index >= 15 is 0 Å². The molecule has 0 heterocycles. The molecule has 0 radical (unpaired) electrons. The van der Waals surface area contributed by atoms with Gasteiger partial charge in [0.25, 0.3) is 0 Å². The van der Waals surface area contributed by atoms with Gasteiger partial charge in [-0.3, -0.25) is 9.59 Å². The lowest BCUT2D eigenvalue weighted by Gasteiger charge is -2.29. The molecule has 2 aliphatic rings. The van der Waals surface area contributed by atoms with Crippen LogP contribution >= 0.6 is 0 Å².